The molecular formula is C14H20N2O4. The molecule has 0 aliphatic carbocycles. The highest BCUT2D eigenvalue weighted by Crippen LogP contribution is 2.22. The molecule has 1 aromatic rings. The zero-order valence-electron chi connectivity index (χ0n) is 11.5. The van der Waals surface area contributed by atoms with E-state index in [9.17, 15) is 9.59 Å². The largest absolute Gasteiger partial charge is 0.495 e. The van der Waals surface area contributed by atoms with E-state index in [1.807, 2.05) is 12.1 Å². The summed E-state index contributed by atoms with van der Waals surface area (Å²) >= 11 is 0. The Morgan fingerprint density at radius 2 is 1.95 bits per heavy atom. The van der Waals surface area contributed by atoms with E-state index < -0.39 is 5.97 Å². The summed E-state index contributed by atoms with van der Waals surface area (Å²) in [6.07, 6.45) is 1.02. The topological polar surface area (TPSA) is 87.7 Å². The molecule has 6 nitrogen and oxygen atoms in total. The molecule has 6 heteroatoms. The minimum absolute atomic E-state index is 0.111. The Kier molecular flexibility index (Phi) is 7.13. The minimum atomic E-state index is -0.805. The van der Waals surface area contributed by atoms with Gasteiger partial charge in [-0.2, -0.15) is 0 Å². The molecule has 3 N–H and O–H groups in total. The van der Waals surface area contributed by atoms with E-state index in [4.69, 9.17) is 9.84 Å². The monoisotopic (exact) mass is 280 g/mol. The third kappa shape index (κ3) is 6.19. The molecule has 0 saturated heterocycles. The van der Waals surface area contributed by atoms with Crippen molar-refractivity contribution in [3.63, 3.8) is 0 Å². The number of aliphatic carboxylic acids is 1. The smallest absolute Gasteiger partial charge is 0.303 e. The van der Waals surface area contributed by atoms with E-state index in [0.717, 1.165) is 0 Å². The van der Waals surface area contributed by atoms with Gasteiger partial charge in [-0.15, -0.1) is 0 Å². The standard InChI is InChI=1S/C14H20N2O4/c1-20-12-6-3-2-5-11(12)16-13(17)8-10-15-9-4-7-14(18)19/h2-3,5-6,15H,4,7-10H2,1H3,(H,16,17)(H,18,19). The van der Waals surface area contributed by atoms with Gasteiger partial charge in [0.05, 0.1) is 12.8 Å². The van der Waals surface area contributed by atoms with Crippen molar-refractivity contribution < 1.29 is 19.4 Å². The molecule has 0 heterocycles. The maximum Gasteiger partial charge on any atom is 0.303 e. The lowest BCUT2D eigenvalue weighted by atomic mass is 10.2. The van der Waals surface area contributed by atoms with Crippen LogP contribution in [0.1, 0.15) is 19.3 Å². The molecular weight excluding hydrogens is 260 g/mol. The molecule has 0 radical (unpaired) electrons. The number of para-hydroxylation sites is 2. The fraction of sp³-hybridized carbons (Fsp3) is 0.429. The molecule has 0 aromatic heterocycles. The Balaban J connectivity index is 2.22. The van der Waals surface area contributed by atoms with Crippen LogP contribution in [0.25, 0.3) is 0 Å². The van der Waals surface area contributed by atoms with Gasteiger partial charge in [0.1, 0.15) is 5.75 Å². The maximum atomic E-state index is 11.7. The van der Waals surface area contributed by atoms with Gasteiger partial charge in [-0.3, -0.25) is 9.59 Å². The number of carboxylic acids is 1. The highest BCUT2D eigenvalue weighted by atomic mass is 16.5. The number of carbonyl (C=O) groups is 2. The van der Waals surface area contributed by atoms with Crippen molar-refractivity contribution in [2.24, 2.45) is 0 Å². The lowest BCUT2D eigenvalue weighted by Gasteiger charge is -2.10. The van der Waals surface area contributed by atoms with E-state index in [2.05, 4.69) is 10.6 Å². The lowest BCUT2D eigenvalue weighted by Crippen LogP contribution is -2.23. The van der Waals surface area contributed by atoms with Gasteiger partial charge in [-0.05, 0) is 25.1 Å². The van der Waals surface area contributed by atoms with Gasteiger partial charge < -0.3 is 20.5 Å². The van der Waals surface area contributed by atoms with E-state index in [1.165, 1.54) is 0 Å². The lowest BCUT2D eigenvalue weighted by molar-refractivity contribution is -0.137. The fourth-order valence-corrected chi connectivity index (χ4v) is 1.65. The number of anilines is 1. The number of nitrogens with one attached hydrogen (secondary N) is 2. The van der Waals surface area contributed by atoms with Crippen molar-refractivity contribution in [3.05, 3.63) is 24.3 Å². The summed E-state index contributed by atoms with van der Waals surface area (Å²) in [5.41, 5.74) is 0.644. The molecule has 0 atom stereocenters. The zero-order chi connectivity index (χ0) is 14.8. The number of carbonyl (C=O) groups excluding carboxylic acids is 1. The number of rotatable bonds is 9. The van der Waals surface area contributed by atoms with E-state index >= 15 is 0 Å². The molecule has 1 rings (SSSR count). The van der Waals surface area contributed by atoms with Gasteiger partial charge in [0.15, 0.2) is 0 Å². The molecule has 0 bridgehead atoms. The Morgan fingerprint density at radius 1 is 1.20 bits per heavy atom. The van der Waals surface area contributed by atoms with Crippen LogP contribution >= 0.6 is 0 Å². The molecule has 0 aliphatic rings. The minimum Gasteiger partial charge on any atom is -0.495 e. The number of hydrogen-bond donors (Lipinski definition) is 3. The Bertz CT molecular complexity index is 449. The van der Waals surface area contributed by atoms with Crippen molar-refractivity contribution in [2.75, 3.05) is 25.5 Å². The zero-order valence-corrected chi connectivity index (χ0v) is 11.5. The number of ether oxygens (including phenoxy) is 1. The summed E-state index contributed by atoms with van der Waals surface area (Å²) in [5, 5.41) is 14.3. The van der Waals surface area contributed by atoms with Crippen LogP contribution in [0, 0.1) is 0 Å². The molecule has 0 saturated carbocycles. The highest BCUT2D eigenvalue weighted by molar-refractivity contribution is 5.92. The molecule has 1 amide bonds. The van der Waals surface area contributed by atoms with Crippen molar-refractivity contribution >= 4 is 17.6 Å². The van der Waals surface area contributed by atoms with Crippen molar-refractivity contribution in [1.29, 1.82) is 0 Å². The summed E-state index contributed by atoms with van der Waals surface area (Å²) in [5.74, 6) is -0.295. The average molecular weight is 280 g/mol. The van der Waals surface area contributed by atoms with Crippen molar-refractivity contribution in [1.82, 2.24) is 5.32 Å². The Morgan fingerprint density at radius 3 is 2.65 bits per heavy atom. The van der Waals surface area contributed by atoms with Gasteiger partial charge in [-0.25, -0.2) is 0 Å². The van der Waals surface area contributed by atoms with Crippen LogP contribution in [-0.2, 0) is 9.59 Å². The number of hydrogen-bond acceptors (Lipinski definition) is 4. The van der Waals surface area contributed by atoms with E-state index in [1.54, 1.807) is 19.2 Å². The predicted molar refractivity (Wildman–Crippen MR) is 76.0 cm³/mol. The van der Waals surface area contributed by atoms with E-state index in [-0.39, 0.29) is 12.3 Å². The summed E-state index contributed by atoms with van der Waals surface area (Å²) in [4.78, 5) is 22.0. The number of amides is 1. The van der Waals surface area contributed by atoms with Crippen molar-refractivity contribution in [2.45, 2.75) is 19.3 Å². The van der Waals surface area contributed by atoms with Gasteiger partial charge in [0, 0.05) is 19.4 Å². The first kappa shape index (κ1) is 16.0. The first-order chi connectivity index (χ1) is 9.63. The molecule has 1 aromatic carbocycles. The fourth-order valence-electron chi connectivity index (χ4n) is 1.65. The average Bonchev–Trinajstić information content (AvgIpc) is 2.43. The van der Waals surface area contributed by atoms with Crippen LogP contribution in [0.4, 0.5) is 5.69 Å². The third-order valence-electron chi connectivity index (χ3n) is 2.65. The van der Waals surface area contributed by atoms with Crippen LogP contribution in [-0.4, -0.2) is 37.2 Å². The quantitative estimate of drug-likeness (QED) is 0.596. The summed E-state index contributed by atoms with van der Waals surface area (Å²) < 4.78 is 5.14. The predicted octanol–water partition coefficient (Wildman–Crippen LogP) is 1.48. The first-order valence-electron chi connectivity index (χ1n) is 6.49. The second-order valence-corrected chi connectivity index (χ2v) is 4.25. The normalized spacial score (nSPS) is 10.1. The second-order valence-electron chi connectivity index (χ2n) is 4.25. The summed E-state index contributed by atoms with van der Waals surface area (Å²) in [7, 11) is 1.55. The molecule has 110 valence electrons. The van der Waals surface area contributed by atoms with Gasteiger partial charge in [0.25, 0.3) is 0 Å². The van der Waals surface area contributed by atoms with Crippen LogP contribution in [0.5, 0.6) is 5.75 Å². The molecule has 0 spiro atoms. The summed E-state index contributed by atoms with van der Waals surface area (Å²) in [6, 6.07) is 7.21. The summed E-state index contributed by atoms with van der Waals surface area (Å²) in [6.45, 7) is 1.11. The number of methoxy groups -OCH3 is 1. The second kappa shape index (κ2) is 8.92. The Labute approximate surface area is 118 Å². The highest BCUT2D eigenvalue weighted by Gasteiger charge is 2.06. The molecule has 0 aliphatic heterocycles. The number of carboxylic acid groups (broad SMARTS) is 1. The maximum absolute atomic E-state index is 11.7. The molecule has 20 heavy (non-hydrogen) atoms. The molecule has 0 unspecified atom stereocenters. The van der Waals surface area contributed by atoms with Crippen molar-refractivity contribution in [3.8, 4) is 5.75 Å². The number of benzene rings is 1. The van der Waals surface area contributed by atoms with Crippen LogP contribution in [0.2, 0.25) is 0 Å². The van der Waals surface area contributed by atoms with E-state index in [0.29, 0.717) is 37.4 Å². The van der Waals surface area contributed by atoms with Crippen LogP contribution in [0.15, 0.2) is 24.3 Å². The SMILES string of the molecule is COc1ccccc1NC(=O)CCNCCCC(=O)O. The van der Waals surface area contributed by atoms with Gasteiger partial charge in [0.2, 0.25) is 5.91 Å². The van der Waals surface area contributed by atoms with Gasteiger partial charge in [-0.1, -0.05) is 12.1 Å². The first-order valence-corrected chi connectivity index (χ1v) is 6.49. The third-order valence-corrected chi connectivity index (χ3v) is 2.65. The van der Waals surface area contributed by atoms with Crippen LogP contribution < -0.4 is 15.4 Å². The van der Waals surface area contributed by atoms with Gasteiger partial charge >= 0.3 is 5.97 Å². The Hall–Kier alpha value is -2.08. The molecule has 0 fully saturated rings. The van der Waals surface area contributed by atoms with Crippen LogP contribution in [0.3, 0.4) is 0 Å².